The average Bonchev–Trinajstić information content (AvgIpc) is 3.03. The minimum Gasteiger partial charge on any atom is -0.354 e. The standard InChI is InChI=1S/C17H27N3O.2ClH/c1-20(15-9-5-6-10-15)12-11-19-17(21)16(13-18)14-7-3-2-4-8-14;;/h2-4,7-8,15-16H,5-6,9-13,18H2,1H3,(H,19,21);2*1H. The SMILES string of the molecule is CN(CCNC(=O)C(CN)c1ccccc1)C1CCCC1.Cl.Cl. The highest BCUT2D eigenvalue weighted by Crippen LogP contribution is 2.21. The summed E-state index contributed by atoms with van der Waals surface area (Å²) in [5.74, 6) is -0.216. The molecule has 0 heterocycles. The second-order valence-corrected chi connectivity index (χ2v) is 5.91. The first-order valence-corrected chi connectivity index (χ1v) is 7.95. The molecule has 0 saturated heterocycles. The number of nitrogens with one attached hydrogen (secondary N) is 1. The molecule has 1 aromatic carbocycles. The normalized spacial score (nSPS) is 15.6. The number of nitrogens with zero attached hydrogens (tertiary/aromatic N) is 1. The van der Waals surface area contributed by atoms with Gasteiger partial charge in [0, 0.05) is 25.7 Å². The second kappa shape index (κ2) is 11.7. The minimum absolute atomic E-state index is 0. The van der Waals surface area contributed by atoms with Crippen LogP contribution < -0.4 is 11.1 Å². The number of hydrogen-bond donors (Lipinski definition) is 2. The van der Waals surface area contributed by atoms with E-state index in [1.165, 1.54) is 25.7 Å². The first kappa shape index (κ1) is 22.2. The predicted molar refractivity (Wildman–Crippen MR) is 101 cm³/mol. The lowest BCUT2D eigenvalue weighted by molar-refractivity contribution is -0.122. The van der Waals surface area contributed by atoms with Crippen LogP contribution in [0.1, 0.15) is 37.2 Å². The van der Waals surface area contributed by atoms with Crippen LogP contribution in [0.2, 0.25) is 0 Å². The molecule has 0 bridgehead atoms. The predicted octanol–water partition coefficient (Wildman–Crippen LogP) is 2.56. The number of amides is 1. The van der Waals surface area contributed by atoms with Crippen LogP contribution in [0.4, 0.5) is 0 Å². The summed E-state index contributed by atoms with van der Waals surface area (Å²) in [5, 5.41) is 3.03. The van der Waals surface area contributed by atoms with E-state index >= 15 is 0 Å². The summed E-state index contributed by atoms with van der Waals surface area (Å²) in [7, 11) is 2.15. The molecule has 1 saturated carbocycles. The van der Waals surface area contributed by atoms with Crippen LogP contribution in [0.3, 0.4) is 0 Å². The Balaban J connectivity index is 0.00000242. The van der Waals surface area contributed by atoms with Gasteiger partial charge in [0.1, 0.15) is 0 Å². The Bertz CT molecular complexity index is 439. The van der Waals surface area contributed by atoms with Crippen molar-refractivity contribution in [2.45, 2.75) is 37.6 Å². The maximum atomic E-state index is 12.3. The second-order valence-electron chi connectivity index (χ2n) is 5.91. The quantitative estimate of drug-likeness (QED) is 0.784. The molecule has 1 aromatic rings. The molecule has 0 aliphatic heterocycles. The molecule has 0 radical (unpaired) electrons. The van der Waals surface area contributed by atoms with Crippen LogP contribution in [0.5, 0.6) is 0 Å². The summed E-state index contributed by atoms with van der Waals surface area (Å²) >= 11 is 0. The van der Waals surface area contributed by atoms with Gasteiger partial charge in [-0.25, -0.2) is 0 Å². The lowest BCUT2D eigenvalue weighted by Crippen LogP contribution is -2.40. The number of benzene rings is 1. The lowest BCUT2D eigenvalue weighted by Gasteiger charge is -2.24. The molecule has 6 heteroatoms. The van der Waals surface area contributed by atoms with Gasteiger partial charge in [0.25, 0.3) is 0 Å². The Kier molecular flexibility index (Phi) is 11.3. The van der Waals surface area contributed by atoms with E-state index < -0.39 is 0 Å². The Morgan fingerprint density at radius 2 is 1.87 bits per heavy atom. The summed E-state index contributed by atoms with van der Waals surface area (Å²) < 4.78 is 0. The molecule has 23 heavy (non-hydrogen) atoms. The van der Waals surface area contributed by atoms with E-state index in [1.54, 1.807) is 0 Å². The third-order valence-electron chi connectivity index (χ3n) is 4.47. The molecule has 3 N–H and O–H groups in total. The first-order valence-electron chi connectivity index (χ1n) is 7.95. The fourth-order valence-electron chi connectivity index (χ4n) is 3.09. The van der Waals surface area contributed by atoms with Gasteiger partial charge in [-0.1, -0.05) is 43.2 Å². The van der Waals surface area contributed by atoms with Gasteiger partial charge in [-0.15, -0.1) is 24.8 Å². The van der Waals surface area contributed by atoms with E-state index in [0.717, 1.165) is 12.1 Å². The monoisotopic (exact) mass is 361 g/mol. The summed E-state index contributed by atoms with van der Waals surface area (Å²) in [4.78, 5) is 14.6. The summed E-state index contributed by atoms with van der Waals surface area (Å²) in [6.45, 7) is 1.94. The summed E-state index contributed by atoms with van der Waals surface area (Å²) in [6, 6.07) is 10.5. The zero-order valence-corrected chi connectivity index (χ0v) is 15.4. The van der Waals surface area contributed by atoms with Crippen LogP contribution >= 0.6 is 24.8 Å². The van der Waals surface area contributed by atoms with Crippen molar-refractivity contribution in [1.82, 2.24) is 10.2 Å². The number of hydrogen-bond acceptors (Lipinski definition) is 3. The summed E-state index contributed by atoms with van der Waals surface area (Å²) in [6.07, 6.45) is 5.26. The van der Waals surface area contributed by atoms with Crippen molar-refractivity contribution in [3.63, 3.8) is 0 Å². The molecule has 1 fully saturated rings. The Morgan fingerprint density at radius 3 is 2.43 bits per heavy atom. The molecule has 1 amide bonds. The molecule has 1 aliphatic carbocycles. The van der Waals surface area contributed by atoms with Crippen molar-refractivity contribution >= 4 is 30.7 Å². The fraction of sp³-hybridized carbons (Fsp3) is 0.588. The van der Waals surface area contributed by atoms with Crippen molar-refractivity contribution in [3.8, 4) is 0 Å². The van der Waals surface area contributed by atoms with Crippen LogP contribution in [0.25, 0.3) is 0 Å². The molecule has 1 unspecified atom stereocenters. The Labute approximate surface area is 152 Å². The molecular weight excluding hydrogens is 333 g/mol. The number of likely N-dealkylation sites (N-methyl/N-ethyl adjacent to an activating group) is 1. The molecule has 1 aliphatic rings. The maximum Gasteiger partial charge on any atom is 0.228 e. The molecule has 0 spiro atoms. The third kappa shape index (κ3) is 6.68. The van der Waals surface area contributed by atoms with Gasteiger partial charge in [-0.3, -0.25) is 4.79 Å². The van der Waals surface area contributed by atoms with E-state index in [9.17, 15) is 4.79 Å². The highest BCUT2D eigenvalue weighted by molar-refractivity contribution is 5.85. The van der Waals surface area contributed by atoms with Gasteiger partial charge >= 0.3 is 0 Å². The number of carbonyl (C=O) groups is 1. The number of carbonyl (C=O) groups excluding carboxylic acids is 1. The van der Waals surface area contributed by atoms with Crippen LogP contribution in [0.15, 0.2) is 30.3 Å². The smallest absolute Gasteiger partial charge is 0.228 e. The zero-order chi connectivity index (χ0) is 15.1. The maximum absolute atomic E-state index is 12.3. The highest BCUT2D eigenvalue weighted by atomic mass is 35.5. The molecule has 0 aromatic heterocycles. The van der Waals surface area contributed by atoms with Crippen molar-refractivity contribution in [2.75, 3.05) is 26.7 Å². The van der Waals surface area contributed by atoms with Gasteiger partial charge in [0.2, 0.25) is 5.91 Å². The van der Waals surface area contributed by atoms with E-state index in [2.05, 4.69) is 17.3 Å². The van der Waals surface area contributed by atoms with Gasteiger partial charge < -0.3 is 16.0 Å². The summed E-state index contributed by atoms with van der Waals surface area (Å²) in [5.41, 5.74) is 6.75. The molecule has 4 nitrogen and oxygen atoms in total. The Hall–Kier alpha value is -0.810. The molecule has 132 valence electrons. The Morgan fingerprint density at radius 1 is 1.26 bits per heavy atom. The van der Waals surface area contributed by atoms with E-state index in [1.807, 2.05) is 30.3 Å². The van der Waals surface area contributed by atoms with E-state index in [4.69, 9.17) is 5.73 Å². The van der Waals surface area contributed by atoms with Crippen molar-refractivity contribution in [2.24, 2.45) is 5.73 Å². The highest BCUT2D eigenvalue weighted by Gasteiger charge is 2.21. The van der Waals surface area contributed by atoms with Gasteiger partial charge in [0.05, 0.1) is 5.92 Å². The average molecular weight is 362 g/mol. The van der Waals surface area contributed by atoms with Gasteiger partial charge in [0.15, 0.2) is 0 Å². The molecular formula is C17H29Cl2N3O. The van der Waals surface area contributed by atoms with Crippen LogP contribution in [-0.2, 0) is 4.79 Å². The third-order valence-corrected chi connectivity index (χ3v) is 4.47. The van der Waals surface area contributed by atoms with Gasteiger partial charge in [-0.2, -0.15) is 0 Å². The van der Waals surface area contributed by atoms with Crippen molar-refractivity contribution in [3.05, 3.63) is 35.9 Å². The molecule has 2 rings (SSSR count). The zero-order valence-electron chi connectivity index (χ0n) is 13.7. The molecule has 1 atom stereocenters. The fourth-order valence-corrected chi connectivity index (χ4v) is 3.09. The number of halogens is 2. The first-order chi connectivity index (χ1) is 10.2. The van der Waals surface area contributed by atoms with Crippen LogP contribution in [0, 0.1) is 0 Å². The van der Waals surface area contributed by atoms with Crippen molar-refractivity contribution in [1.29, 1.82) is 0 Å². The van der Waals surface area contributed by atoms with E-state index in [-0.39, 0.29) is 36.6 Å². The lowest BCUT2D eigenvalue weighted by atomic mass is 9.98. The number of nitrogens with two attached hydrogens (primary N) is 1. The largest absolute Gasteiger partial charge is 0.354 e. The topological polar surface area (TPSA) is 58.4 Å². The van der Waals surface area contributed by atoms with Gasteiger partial charge in [-0.05, 0) is 25.5 Å². The number of rotatable bonds is 7. The minimum atomic E-state index is -0.247. The van der Waals surface area contributed by atoms with Crippen molar-refractivity contribution < 1.29 is 4.79 Å². The van der Waals surface area contributed by atoms with E-state index in [0.29, 0.717) is 19.1 Å². The van der Waals surface area contributed by atoms with Crippen LogP contribution in [-0.4, -0.2) is 43.5 Å².